The molecule has 1 rings (SSSR count). The van der Waals surface area contributed by atoms with Gasteiger partial charge in [-0.3, -0.25) is 9.78 Å². The zero-order valence-corrected chi connectivity index (χ0v) is 12.5. The maximum absolute atomic E-state index is 13.7. The van der Waals surface area contributed by atoms with Crippen LogP contribution in [0.2, 0.25) is 0 Å². The summed E-state index contributed by atoms with van der Waals surface area (Å²) in [6.07, 6.45) is 2.85. The summed E-state index contributed by atoms with van der Waals surface area (Å²) < 4.78 is 18.8. The third-order valence-corrected chi connectivity index (χ3v) is 2.75. The number of hydrogen-bond acceptors (Lipinski definition) is 4. The number of halogens is 2. The third-order valence-electron chi connectivity index (χ3n) is 2.31. The Bertz CT molecular complexity index is 522. The summed E-state index contributed by atoms with van der Waals surface area (Å²) in [5.41, 5.74) is 0.0627. The van der Waals surface area contributed by atoms with Crippen molar-refractivity contribution < 1.29 is 18.7 Å². The van der Waals surface area contributed by atoms with Gasteiger partial charge in [0.1, 0.15) is 5.82 Å². The molecule has 0 saturated heterocycles. The molecule has 0 radical (unpaired) electrons. The van der Waals surface area contributed by atoms with Crippen molar-refractivity contribution in [3.8, 4) is 0 Å². The third kappa shape index (κ3) is 4.41. The summed E-state index contributed by atoms with van der Waals surface area (Å²) >= 11 is 3.09. The first kappa shape index (κ1) is 16.3. The molecule has 0 saturated carbocycles. The van der Waals surface area contributed by atoms with Gasteiger partial charge in [0.25, 0.3) is 0 Å². The van der Waals surface area contributed by atoms with Crippen LogP contribution in [-0.4, -0.2) is 34.9 Å². The minimum atomic E-state index is -0.980. The smallest absolute Gasteiger partial charge is 0.397 e. The standard InChI is InChI=1S/C13H14BrFN2O3/c1-3-5-17(12(18)13(19)20-4-2)8-11-10(15)6-9(14)7-16-11/h3,6-7H,1,4-5,8H2,2H3. The molecular weight excluding hydrogens is 331 g/mol. The van der Waals surface area contributed by atoms with Gasteiger partial charge in [0, 0.05) is 17.2 Å². The lowest BCUT2D eigenvalue weighted by molar-refractivity contribution is -0.159. The maximum Gasteiger partial charge on any atom is 0.397 e. The normalized spacial score (nSPS) is 9.95. The van der Waals surface area contributed by atoms with Gasteiger partial charge < -0.3 is 9.64 Å². The van der Waals surface area contributed by atoms with E-state index in [1.807, 2.05) is 0 Å². The zero-order valence-electron chi connectivity index (χ0n) is 10.9. The molecule has 0 aromatic carbocycles. The van der Waals surface area contributed by atoms with Crippen LogP contribution in [0.3, 0.4) is 0 Å². The van der Waals surface area contributed by atoms with Crippen molar-refractivity contribution in [3.63, 3.8) is 0 Å². The number of carbonyl (C=O) groups is 2. The van der Waals surface area contributed by atoms with E-state index in [1.165, 1.54) is 18.3 Å². The van der Waals surface area contributed by atoms with Crippen molar-refractivity contribution in [2.75, 3.05) is 13.2 Å². The molecule has 0 atom stereocenters. The highest BCUT2D eigenvalue weighted by molar-refractivity contribution is 9.10. The Labute approximate surface area is 124 Å². The van der Waals surface area contributed by atoms with Gasteiger partial charge in [-0.15, -0.1) is 6.58 Å². The van der Waals surface area contributed by atoms with Crippen LogP contribution in [-0.2, 0) is 20.9 Å². The first-order valence-electron chi connectivity index (χ1n) is 5.86. The minimum Gasteiger partial charge on any atom is -0.459 e. The molecule has 1 aromatic heterocycles. The number of esters is 1. The Balaban J connectivity index is 2.88. The van der Waals surface area contributed by atoms with Crippen LogP contribution in [0.25, 0.3) is 0 Å². The summed E-state index contributed by atoms with van der Waals surface area (Å²) in [6.45, 7) is 5.15. The highest BCUT2D eigenvalue weighted by Gasteiger charge is 2.23. The van der Waals surface area contributed by atoms with Crippen molar-refractivity contribution in [1.29, 1.82) is 0 Å². The zero-order chi connectivity index (χ0) is 15.1. The number of aromatic nitrogens is 1. The lowest BCUT2D eigenvalue weighted by Crippen LogP contribution is -2.37. The van der Waals surface area contributed by atoms with Crippen molar-refractivity contribution in [2.24, 2.45) is 0 Å². The first-order chi connectivity index (χ1) is 9.49. The molecule has 0 aliphatic carbocycles. The molecule has 0 unspecified atom stereocenters. The maximum atomic E-state index is 13.7. The molecule has 5 nitrogen and oxygen atoms in total. The van der Waals surface area contributed by atoms with Crippen LogP contribution in [0.4, 0.5) is 4.39 Å². The number of ether oxygens (including phenoxy) is 1. The van der Waals surface area contributed by atoms with E-state index in [-0.39, 0.29) is 25.4 Å². The van der Waals surface area contributed by atoms with E-state index in [2.05, 4.69) is 32.2 Å². The predicted molar refractivity (Wildman–Crippen MR) is 74.1 cm³/mol. The molecule has 1 aromatic rings. The molecule has 0 spiro atoms. The molecule has 7 heteroatoms. The number of pyridine rings is 1. The van der Waals surface area contributed by atoms with Crippen LogP contribution >= 0.6 is 15.9 Å². The largest absolute Gasteiger partial charge is 0.459 e. The van der Waals surface area contributed by atoms with Gasteiger partial charge in [-0.1, -0.05) is 6.08 Å². The highest BCUT2D eigenvalue weighted by atomic mass is 79.9. The van der Waals surface area contributed by atoms with Gasteiger partial charge in [0.15, 0.2) is 0 Å². The lowest BCUT2D eigenvalue weighted by Gasteiger charge is -2.19. The second-order valence-corrected chi connectivity index (χ2v) is 4.69. The molecule has 0 N–H and O–H groups in total. The lowest BCUT2D eigenvalue weighted by atomic mass is 10.3. The molecular formula is C13H14BrFN2O3. The van der Waals surface area contributed by atoms with E-state index in [0.717, 1.165) is 4.90 Å². The Morgan fingerprint density at radius 2 is 2.30 bits per heavy atom. The van der Waals surface area contributed by atoms with Crippen molar-refractivity contribution in [2.45, 2.75) is 13.5 Å². The Morgan fingerprint density at radius 3 is 2.85 bits per heavy atom. The molecule has 20 heavy (non-hydrogen) atoms. The van der Waals surface area contributed by atoms with Crippen LogP contribution in [0.5, 0.6) is 0 Å². The first-order valence-corrected chi connectivity index (χ1v) is 6.65. The molecule has 0 fully saturated rings. The van der Waals surface area contributed by atoms with Gasteiger partial charge in [-0.05, 0) is 28.9 Å². The van der Waals surface area contributed by atoms with Crippen molar-refractivity contribution in [1.82, 2.24) is 9.88 Å². The van der Waals surface area contributed by atoms with Crippen molar-refractivity contribution >= 4 is 27.8 Å². The minimum absolute atomic E-state index is 0.0627. The predicted octanol–water partition coefficient (Wildman–Crippen LogP) is 2.06. The summed E-state index contributed by atoms with van der Waals surface area (Å²) in [7, 11) is 0. The van der Waals surface area contributed by atoms with E-state index in [4.69, 9.17) is 0 Å². The van der Waals surface area contributed by atoms with Gasteiger partial charge >= 0.3 is 11.9 Å². The molecule has 1 heterocycles. The number of hydrogen-bond donors (Lipinski definition) is 0. The Morgan fingerprint density at radius 1 is 1.60 bits per heavy atom. The van der Waals surface area contributed by atoms with E-state index in [0.29, 0.717) is 4.47 Å². The van der Waals surface area contributed by atoms with Gasteiger partial charge in [-0.2, -0.15) is 0 Å². The second kappa shape index (κ2) is 7.74. The summed E-state index contributed by atoms with van der Waals surface area (Å²) in [4.78, 5) is 28.3. The van der Waals surface area contributed by atoms with Crippen LogP contribution in [0, 0.1) is 5.82 Å². The number of carbonyl (C=O) groups excluding carboxylic acids is 2. The van der Waals surface area contributed by atoms with Crippen molar-refractivity contribution in [3.05, 3.63) is 40.9 Å². The summed E-state index contributed by atoms with van der Waals surface area (Å²) in [6, 6.07) is 1.24. The average molecular weight is 345 g/mol. The average Bonchev–Trinajstić information content (AvgIpc) is 2.40. The topological polar surface area (TPSA) is 59.5 Å². The van der Waals surface area contributed by atoms with Gasteiger partial charge in [0.05, 0.1) is 18.8 Å². The summed E-state index contributed by atoms with van der Waals surface area (Å²) in [5.74, 6) is -2.40. The van der Waals surface area contributed by atoms with E-state index in [1.54, 1.807) is 6.92 Å². The quantitative estimate of drug-likeness (QED) is 0.466. The number of amides is 1. The van der Waals surface area contributed by atoms with Crippen LogP contribution in [0.15, 0.2) is 29.4 Å². The number of nitrogens with zero attached hydrogens (tertiary/aromatic N) is 2. The molecule has 1 amide bonds. The Kier molecular flexibility index (Phi) is 6.30. The van der Waals surface area contributed by atoms with Gasteiger partial charge in [-0.25, -0.2) is 9.18 Å². The van der Waals surface area contributed by atoms with E-state index in [9.17, 15) is 14.0 Å². The van der Waals surface area contributed by atoms with E-state index < -0.39 is 17.7 Å². The molecule has 0 aliphatic rings. The monoisotopic (exact) mass is 344 g/mol. The SMILES string of the molecule is C=CCN(Cc1ncc(Br)cc1F)C(=O)C(=O)OCC. The van der Waals surface area contributed by atoms with Crippen LogP contribution < -0.4 is 0 Å². The van der Waals surface area contributed by atoms with E-state index >= 15 is 0 Å². The van der Waals surface area contributed by atoms with Crippen LogP contribution in [0.1, 0.15) is 12.6 Å². The number of rotatable bonds is 5. The fourth-order valence-electron chi connectivity index (χ4n) is 1.44. The summed E-state index contributed by atoms with van der Waals surface area (Å²) in [5, 5.41) is 0. The fourth-order valence-corrected chi connectivity index (χ4v) is 1.74. The Hall–Kier alpha value is -1.76. The highest BCUT2D eigenvalue weighted by Crippen LogP contribution is 2.14. The molecule has 108 valence electrons. The van der Waals surface area contributed by atoms with Gasteiger partial charge in [0.2, 0.25) is 0 Å². The fraction of sp³-hybridized carbons (Fsp3) is 0.308. The second-order valence-electron chi connectivity index (χ2n) is 3.78. The molecule has 0 aliphatic heterocycles. The molecule has 0 bridgehead atoms.